The lowest BCUT2D eigenvalue weighted by Gasteiger charge is -2.15. The Morgan fingerprint density at radius 2 is 1.89 bits per heavy atom. The van der Waals surface area contributed by atoms with Gasteiger partial charge in [0.2, 0.25) is 5.91 Å². The quantitative estimate of drug-likeness (QED) is 0.835. The van der Waals surface area contributed by atoms with Crippen LogP contribution in [0.3, 0.4) is 0 Å². The third kappa shape index (κ3) is 4.12. The van der Waals surface area contributed by atoms with E-state index in [0.717, 1.165) is 0 Å². The van der Waals surface area contributed by atoms with Gasteiger partial charge in [-0.2, -0.15) is 0 Å². The van der Waals surface area contributed by atoms with Crippen molar-refractivity contribution in [3.05, 3.63) is 28.0 Å². The van der Waals surface area contributed by atoms with Crippen molar-refractivity contribution >= 4 is 34.8 Å². The van der Waals surface area contributed by atoms with Crippen LogP contribution in [0.2, 0.25) is 10.0 Å². The summed E-state index contributed by atoms with van der Waals surface area (Å²) in [5, 5.41) is 2.32. The highest BCUT2D eigenvalue weighted by Gasteiger charge is 2.14. The van der Waals surface area contributed by atoms with Gasteiger partial charge < -0.3 is 11.1 Å². The number of hydrogen-bond donors (Lipinski definition) is 2. The Kier molecular flexibility index (Phi) is 5.38. The van der Waals surface area contributed by atoms with Crippen LogP contribution in [0.25, 0.3) is 0 Å². The van der Waals surface area contributed by atoms with Crippen LogP contribution in [0.15, 0.2) is 12.1 Å². The van der Waals surface area contributed by atoms with Gasteiger partial charge in [-0.3, -0.25) is 4.79 Å². The normalized spacial score (nSPS) is 12.6. The summed E-state index contributed by atoms with van der Waals surface area (Å²) in [4.78, 5) is 11.7. The van der Waals surface area contributed by atoms with Gasteiger partial charge in [0.1, 0.15) is 0 Å². The van der Waals surface area contributed by atoms with E-state index < -0.39 is 5.82 Å². The number of nitrogens with one attached hydrogen (secondary N) is 1. The van der Waals surface area contributed by atoms with E-state index in [0.29, 0.717) is 5.69 Å². The van der Waals surface area contributed by atoms with Crippen LogP contribution >= 0.6 is 23.2 Å². The molecule has 0 saturated carbocycles. The van der Waals surface area contributed by atoms with E-state index in [-0.39, 0.29) is 34.3 Å². The summed E-state index contributed by atoms with van der Waals surface area (Å²) in [6.45, 7) is 3.87. The van der Waals surface area contributed by atoms with E-state index in [1.165, 1.54) is 12.1 Å². The van der Waals surface area contributed by atoms with Gasteiger partial charge in [-0.05, 0) is 18.1 Å². The molecule has 1 unspecified atom stereocenters. The van der Waals surface area contributed by atoms with Gasteiger partial charge in [0, 0.05) is 18.2 Å². The first-order chi connectivity index (χ1) is 8.31. The number of amides is 1. The predicted octanol–water partition coefficient (Wildman–Crippen LogP) is 3.44. The Morgan fingerprint density at radius 3 is 2.33 bits per heavy atom. The fourth-order valence-electron chi connectivity index (χ4n) is 1.29. The molecule has 1 atom stereocenters. The summed E-state index contributed by atoms with van der Waals surface area (Å²) in [5.41, 5.74) is 6.14. The Bertz CT molecular complexity index is 429. The van der Waals surface area contributed by atoms with Crippen molar-refractivity contribution in [3.8, 4) is 0 Å². The summed E-state index contributed by atoms with van der Waals surface area (Å²) in [7, 11) is 0. The third-order valence-electron chi connectivity index (χ3n) is 2.54. The minimum atomic E-state index is -0.699. The summed E-state index contributed by atoms with van der Waals surface area (Å²) >= 11 is 11.2. The average Bonchev–Trinajstić information content (AvgIpc) is 2.25. The second kappa shape index (κ2) is 6.36. The van der Waals surface area contributed by atoms with Crippen LogP contribution in [0.4, 0.5) is 10.1 Å². The fourth-order valence-corrected chi connectivity index (χ4v) is 1.78. The molecule has 0 radical (unpaired) electrons. The van der Waals surface area contributed by atoms with Crippen molar-refractivity contribution in [1.29, 1.82) is 0 Å². The van der Waals surface area contributed by atoms with Gasteiger partial charge in [0.15, 0.2) is 5.82 Å². The van der Waals surface area contributed by atoms with Crippen LogP contribution in [0.5, 0.6) is 0 Å². The smallest absolute Gasteiger partial charge is 0.225 e. The molecule has 0 bridgehead atoms. The van der Waals surface area contributed by atoms with Crippen LogP contribution < -0.4 is 11.1 Å². The molecule has 3 N–H and O–H groups in total. The molecule has 0 aliphatic heterocycles. The summed E-state index contributed by atoms with van der Waals surface area (Å²) < 4.78 is 13.2. The number of carbonyl (C=O) groups is 1. The maximum absolute atomic E-state index is 13.2. The number of rotatable bonds is 4. The van der Waals surface area contributed by atoms with Gasteiger partial charge in [0.05, 0.1) is 10.0 Å². The molecule has 3 nitrogen and oxygen atoms in total. The standard InChI is InChI=1S/C12H15Cl2FN2O/c1-6(2)10(16)5-11(18)17-7-3-8(13)12(15)9(14)4-7/h3-4,6,10H,5,16H2,1-2H3,(H,17,18). The zero-order valence-electron chi connectivity index (χ0n) is 10.1. The Labute approximate surface area is 115 Å². The molecule has 0 fully saturated rings. The minimum absolute atomic E-state index is 0.133. The van der Waals surface area contributed by atoms with Crippen molar-refractivity contribution in [2.24, 2.45) is 11.7 Å². The highest BCUT2D eigenvalue weighted by Crippen LogP contribution is 2.27. The lowest BCUT2D eigenvalue weighted by atomic mass is 10.0. The van der Waals surface area contributed by atoms with Gasteiger partial charge in [-0.15, -0.1) is 0 Å². The molecule has 0 aromatic heterocycles. The molecule has 0 aliphatic carbocycles. The molecule has 1 aromatic carbocycles. The van der Waals surface area contributed by atoms with Gasteiger partial charge in [0.25, 0.3) is 0 Å². The van der Waals surface area contributed by atoms with E-state index in [9.17, 15) is 9.18 Å². The topological polar surface area (TPSA) is 55.1 Å². The minimum Gasteiger partial charge on any atom is -0.327 e. The lowest BCUT2D eigenvalue weighted by Crippen LogP contribution is -2.31. The number of carbonyl (C=O) groups excluding carboxylic acids is 1. The highest BCUT2D eigenvalue weighted by molar-refractivity contribution is 6.35. The van der Waals surface area contributed by atoms with E-state index in [4.69, 9.17) is 28.9 Å². The van der Waals surface area contributed by atoms with Crippen LogP contribution in [-0.2, 0) is 4.79 Å². The molecule has 0 saturated heterocycles. The number of nitrogens with two attached hydrogens (primary N) is 1. The summed E-state index contributed by atoms with van der Waals surface area (Å²) in [6, 6.07) is 2.39. The molecule has 1 rings (SSSR count). The van der Waals surface area contributed by atoms with Crippen molar-refractivity contribution < 1.29 is 9.18 Å². The molecule has 1 aromatic rings. The fraction of sp³-hybridized carbons (Fsp3) is 0.417. The second-order valence-corrected chi connectivity index (χ2v) is 5.23. The zero-order valence-corrected chi connectivity index (χ0v) is 11.6. The number of anilines is 1. The molecule has 0 aliphatic rings. The molecule has 18 heavy (non-hydrogen) atoms. The molecular weight excluding hydrogens is 278 g/mol. The second-order valence-electron chi connectivity index (χ2n) is 4.41. The highest BCUT2D eigenvalue weighted by atomic mass is 35.5. The van der Waals surface area contributed by atoms with Crippen LogP contribution in [0, 0.1) is 11.7 Å². The molecular formula is C12H15Cl2FN2O. The van der Waals surface area contributed by atoms with Gasteiger partial charge in [-0.1, -0.05) is 37.0 Å². The van der Waals surface area contributed by atoms with E-state index in [2.05, 4.69) is 5.32 Å². The number of hydrogen-bond acceptors (Lipinski definition) is 2. The Morgan fingerprint density at radius 1 is 1.39 bits per heavy atom. The maximum Gasteiger partial charge on any atom is 0.225 e. The molecule has 0 spiro atoms. The maximum atomic E-state index is 13.2. The van der Waals surface area contributed by atoms with Crippen LogP contribution in [-0.4, -0.2) is 11.9 Å². The monoisotopic (exact) mass is 292 g/mol. The number of halogens is 3. The summed E-state index contributed by atoms with van der Waals surface area (Å²) in [6.07, 6.45) is 0.185. The molecule has 1 amide bonds. The van der Waals surface area contributed by atoms with E-state index >= 15 is 0 Å². The summed E-state index contributed by atoms with van der Waals surface area (Å²) in [5.74, 6) is -0.749. The number of benzene rings is 1. The first kappa shape index (κ1) is 15.2. The van der Waals surface area contributed by atoms with Crippen molar-refractivity contribution in [2.45, 2.75) is 26.3 Å². The van der Waals surface area contributed by atoms with Gasteiger partial charge >= 0.3 is 0 Å². The Hall–Kier alpha value is -0.840. The molecule has 100 valence electrons. The first-order valence-corrected chi connectivity index (χ1v) is 6.26. The average molecular weight is 293 g/mol. The van der Waals surface area contributed by atoms with Crippen molar-refractivity contribution in [1.82, 2.24) is 0 Å². The van der Waals surface area contributed by atoms with Crippen molar-refractivity contribution in [3.63, 3.8) is 0 Å². The third-order valence-corrected chi connectivity index (χ3v) is 3.10. The predicted molar refractivity (Wildman–Crippen MR) is 72.5 cm³/mol. The Balaban J connectivity index is 2.71. The van der Waals surface area contributed by atoms with Crippen LogP contribution in [0.1, 0.15) is 20.3 Å². The first-order valence-electron chi connectivity index (χ1n) is 5.51. The van der Waals surface area contributed by atoms with Gasteiger partial charge in [-0.25, -0.2) is 4.39 Å². The van der Waals surface area contributed by atoms with E-state index in [1.54, 1.807) is 0 Å². The van der Waals surface area contributed by atoms with Crippen molar-refractivity contribution in [2.75, 3.05) is 5.32 Å². The molecule has 0 heterocycles. The largest absolute Gasteiger partial charge is 0.327 e. The van der Waals surface area contributed by atoms with E-state index in [1.807, 2.05) is 13.8 Å². The lowest BCUT2D eigenvalue weighted by molar-refractivity contribution is -0.116. The zero-order chi connectivity index (χ0) is 13.9. The molecule has 6 heteroatoms. The SMILES string of the molecule is CC(C)C(N)CC(=O)Nc1cc(Cl)c(F)c(Cl)c1.